The zero-order valence-corrected chi connectivity index (χ0v) is 15.6. The second-order valence-electron chi connectivity index (χ2n) is 6.64. The van der Waals surface area contributed by atoms with Crippen LogP contribution in [-0.2, 0) is 11.3 Å². The number of hydrogen-bond donors (Lipinski definition) is 3. The van der Waals surface area contributed by atoms with Crippen molar-refractivity contribution in [2.24, 2.45) is 0 Å². The highest BCUT2D eigenvalue weighted by Gasteiger charge is 2.27. The number of aromatic nitrogens is 3. The van der Waals surface area contributed by atoms with Gasteiger partial charge in [-0.1, -0.05) is 6.07 Å². The van der Waals surface area contributed by atoms with Crippen LogP contribution in [0, 0.1) is 0 Å². The number of benzene rings is 2. The number of nitrogens with one attached hydrogen (secondary N) is 3. The van der Waals surface area contributed by atoms with Crippen molar-refractivity contribution in [1.29, 1.82) is 0 Å². The van der Waals surface area contributed by atoms with Crippen molar-refractivity contribution in [3.05, 3.63) is 60.9 Å². The van der Waals surface area contributed by atoms with Crippen LogP contribution >= 0.6 is 0 Å². The van der Waals surface area contributed by atoms with E-state index in [-0.39, 0.29) is 19.1 Å². The highest BCUT2D eigenvalue weighted by atomic mass is 16.5. The minimum Gasteiger partial charge on any atom is -0.481 e. The number of fused-ring (bicyclic) bond motifs is 2. The molecule has 0 fully saturated rings. The average molecular weight is 404 g/mol. The molecule has 0 bridgehead atoms. The van der Waals surface area contributed by atoms with Gasteiger partial charge < -0.3 is 24.8 Å². The molecule has 1 aliphatic heterocycles. The minimum atomic E-state index is -0.393. The van der Waals surface area contributed by atoms with Crippen molar-refractivity contribution in [2.45, 2.75) is 6.54 Å². The van der Waals surface area contributed by atoms with Crippen LogP contribution in [0.2, 0.25) is 0 Å². The molecule has 3 heterocycles. The predicted molar refractivity (Wildman–Crippen MR) is 108 cm³/mol. The molecule has 0 aliphatic carbocycles. The third-order valence-corrected chi connectivity index (χ3v) is 4.67. The maximum absolute atomic E-state index is 12.4. The van der Waals surface area contributed by atoms with Crippen molar-refractivity contribution in [2.75, 3.05) is 22.1 Å². The number of H-pyrrole nitrogens is 1. The van der Waals surface area contributed by atoms with Crippen molar-refractivity contribution in [1.82, 2.24) is 15.2 Å². The van der Waals surface area contributed by atoms with Gasteiger partial charge in [0, 0.05) is 29.2 Å². The highest BCUT2D eigenvalue weighted by Crippen LogP contribution is 2.35. The summed E-state index contributed by atoms with van der Waals surface area (Å²) >= 11 is 0. The summed E-state index contributed by atoms with van der Waals surface area (Å²) in [5, 5.41) is 14.1. The third-order valence-electron chi connectivity index (χ3n) is 4.67. The number of carbonyl (C=O) groups excluding carboxylic acids is 2. The van der Waals surface area contributed by atoms with Gasteiger partial charge in [-0.2, -0.15) is 0 Å². The van der Waals surface area contributed by atoms with E-state index in [4.69, 9.17) is 9.15 Å². The van der Waals surface area contributed by atoms with Crippen LogP contribution in [0.1, 0.15) is 5.89 Å². The van der Waals surface area contributed by atoms with E-state index in [2.05, 4.69) is 25.8 Å². The Morgan fingerprint density at radius 1 is 1.13 bits per heavy atom. The Kier molecular flexibility index (Phi) is 4.28. The second-order valence-corrected chi connectivity index (χ2v) is 6.64. The number of hydrogen-bond acceptors (Lipinski definition) is 6. The molecule has 0 saturated carbocycles. The number of anilines is 3. The third kappa shape index (κ3) is 3.41. The number of nitrogens with zero attached hydrogens (tertiary/aromatic N) is 3. The summed E-state index contributed by atoms with van der Waals surface area (Å²) in [5.41, 5.74) is 2.68. The van der Waals surface area contributed by atoms with E-state index >= 15 is 0 Å². The van der Waals surface area contributed by atoms with Gasteiger partial charge in [-0.05, 0) is 35.7 Å². The van der Waals surface area contributed by atoms with Gasteiger partial charge in [-0.15, -0.1) is 10.2 Å². The molecule has 3 amide bonds. The summed E-state index contributed by atoms with van der Waals surface area (Å²) < 4.78 is 10.7. The molecule has 4 aromatic rings. The van der Waals surface area contributed by atoms with Crippen molar-refractivity contribution in [3.8, 4) is 5.75 Å². The number of amides is 3. The number of urea groups is 1. The van der Waals surface area contributed by atoms with Gasteiger partial charge in [-0.3, -0.25) is 9.69 Å². The minimum absolute atomic E-state index is 0.118. The molecule has 5 rings (SSSR count). The van der Waals surface area contributed by atoms with Crippen LogP contribution in [0.25, 0.3) is 10.9 Å². The van der Waals surface area contributed by atoms with Crippen LogP contribution < -0.4 is 20.3 Å². The Morgan fingerprint density at radius 2 is 1.97 bits per heavy atom. The fraction of sp³-hybridized carbons (Fsp3) is 0.100. The molecular formula is C20H16N6O4. The molecule has 1 aliphatic rings. The lowest BCUT2D eigenvalue weighted by Gasteiger charge is -2.28. The van der Waals surface area contributed by atoms with Gasteiger partial charge >= 0.3 is 6.03 Å². The Morgan fingerprint density at radius 3 is 2.80 bits per heavy atom. The zero-order chi connectivity index (χ0) is 20.5. The molecule has 30 heavy (non-hydrogen) atoms. The van der Waals surface area contributed by atoms with Gasteiger partial charge in [0.15, 0.2) is 6.61 Å². The van der Waals surface area contributed by atoms with Crippen LogP contribution in [0.3, 0.4) is 0 Å². The lowest BCUT2D eigenvalue weighted by molar-refractivity contribution is -0.121. The topological polar surface area (TPSA) is 125 Å². The van der Waals surface area contributed by atoms with Crippen LogP contribution in [0.5, 0.6) is 5.75 Å². The Bertz CT molecular complexity index is 1230. The summed E-state index contributed by atoms with van der Waals surface area (Å²) in [7, 11) is 0. The normalized spacial score (nSPS) is 13.1. The molecule has 10 heteroatoms. The van der Waals surface area contributed by atoms with Crippen LogP contribution in [0.4, 0.5) is 21.9 Å². The van der Waals surface area contributed by atoms with Crippen LogP contribution in [0.15, 0.2) is 59.5 Å². The SMILES string of the molecule is O=C(Nc1ccc2c(c1)OCC(=O)N2Cc1nnco1)Nc1ccc2cc[nH]c2c1. The largest absolute Gasteiger partial charge is 0.481 e. The molecule has 2 aromatic carbocycles. The number of ether oxygens (including phenoxy) is 1. The summed E-state index contributed by atoms with van der Waals surface area (Å²) in [6, 6.07) is 12.2. The van der Waals surface area contributed by atoms with Gasteiger partial charge in [0.25, 0.3) is 5.91 Å². The smallest absolute Gasteiger partial charge is 0.323 e. The summed E-state index contributed by atoms with van der Waals surface area (Å²) in [5.74, 6) is 0.565. The molecule has 0 unspecified atom stereocenters. The van der Waals surface area contributed by atoms with Gasteiger partial charge in [0.1, 0.15) is 12.3 Å². The second kappa shape index (κ2) is 7.24. The first-order chi connectivity index (χ1) is 14.7. The first kappa shape index (κ1) is 17.7. The Labute approximate surface area is 169 Å². The van der Waals surface area contributed by atoms with E-state index in [0.717, 1.165) is 10.9 Å². The fourth-order valence-corrected chi connectivity index (χ4v) is 3.27. The molecular weight excluding hydrogens is 388 g/mol. The van der Waals surface area contributed by atoms with Gasteiger partial charge in [0.2, 0.25) is 12.3 Å². The summed E-state index contributed by atoms with van der Waals surface area (Å²) in [6.45, 7) is 0.0244. The lowest BCUT2D eigenvalue weighted by Crippen LogP contribution is -2.38. The fourth-order valence-electron chi connectivity index (χ4n) is 3.27. The molecule has 0 saturated heterocycles. The number of carbonyl (C=O) groups is 2. The molecule has 0 spiro atoms. The van der Waals surface area contributed by atoms with E-state index < -0.39 is 6.03 Å². The van der Waals surface area contributed by atoms with Crippen LogP contribution in [-0.4, -0.2) is 33.7 Å². The van der Waals surface area contributed by atoms with Gasteiger partial charge in [0.05, 0.1) is 5.69 Å². The molecule has 10 nitrogen and oxygen atoms in total. The van der Waals surface area contributed by atoms with Crippen molar-refractivity contribution in [3.63, 3.8) is 0 Å². The summed E-state index contributed by atoms with van der Waals surface area (Å²) in [6.07, 6.45) is 3.05. The van der Waals surface area contributed by atoms with E-state index in [1.807, 2.05) is 30.5 Å². The molecule has 2 aromatic heterocycles. The molecule has 0 atom stereocenters. The van der Waals surface area contributed by atoms with E-state index in [1.54, 1.807) is 18.2 Å². The predicted octanol–water partition coefficient (Wildman–Crippen LogP) is 3.12. The molecule has 150 valence electrons. The standard InChI is InChI=1S/C20H16N6O4/c27-19-10-29-17-8-14(3-4-16(17)26(19)9-18-25-22-11-30-18)24-20(28)23-13-2-1-12-5-6-21-15(12)7-13/h1-8,11,21H,9-10H2,(H2,23,24,28). The zero-order valence-electron chi connectivity index (χ0n) is 15.6. The first-order valence-corrected chi connectivity index (χ1v) is 9.13. The Balaban J connectivity index is 1.31. The van der Waals surface area contributed by atoms with E-state index in [1.165, 1.54) is 11.3 Å². The molecule has 3 N–H and O–H groups in total. The van der Waals surface area contributed by atoms with E-state index in [9.17, 15) is 9.59 Å². The van der Waals surface area contributed by atoms with Crippen molar-refractivity contribution >= 4 is 39.9 Å². The maximum atomic E-state index is 12.4. The lowest BCUT2D eigenvalue weighted by atomic mass is 10.2. The molecule has 0 radical (unpaired) electrons. The average Bonchev–Trinajstić information content (AvgIpc) is 3.41. The number of aromatic amines is 1. The quantitative estimate of drug-likeness (QED) is 0.480. The summed E-state index contributed by atoms with van der Waals surface area (Å²) in [4.78, 5) is 29.2. The van der Waals surface area contributed by atoms with Crippen molar-refractivity contribution < 1.29 is 18.7 Å². The monoisotopic (exact) mass is 404 g/mol. The number of rotatable bonds is 4. The van der Waals surface area contributed by atoms with Gasteiger partial charge in [-0.25, -0.2) is 4.79 Å². The first-order valence-electron chi connectivity index (χ1n) is 9.13. The Hall–Kier alpha value is -4.34. The maximum Gasteiger partial charge on any atom is 0.323 e. The van der Waals surface area contributed by atoms with E-state index in [0.29, 0.717) is 28.7 Å². The highest BCUT2D eigenvalue weighted by molar-refractivity contribution is 6.02.